The Kier molecular flexibility index (Phi) is 5.64. The van der Waals surface area contributed by atoms with Crippen LogP contribution in [0.3, 0.4) is 0 Å². The number of hydrogen-bond donors (Lipinski definition) is 2. The highest BCUT2D eigenvalue weighted by Gasteiger charge is 2.21. The topological polar surface area (TPSA) is 72.2 Å². The lowest BCUT2D eigenvalue weighted by atomic mass is 10.0. The van der Waals surface area contributed by atoms with Gasteiger partial charge in [-0.1, -0.05) is 18.2 Å². The van der Waals surface area contributed by atoms with Gasteiger partial charge in [-0.15, -0.1) is 0 Å². The second-order valence-electron chi connectivity index (χ2n) is 4.85. The molecule has 3 N–H and O–H groups in total. The van der Waals surface area contributed by atoms with Gasteiger partial charge in [0.15, 0.2) is 11.6 Å². The molecule has 0 spiro atoms. The van der Waals surface area contributed by atoms with Gasteiger partial charge in [0.1, 0.15) is 6.04 Å². The maximum Gasteiger partial charge on any atom is 0.252 e. The highest BCUT2D eigenvalue weighted by Crippen LogP contribution is 2.14. The summed E-state index contributed by atoms with van der Waals surface area (Å²) in [4.78, 5) is 23.7. The highest BCUT2D eigenvalue weighted by atomic mass is 127. The fraction of sp³-hybridized carbons (Fsp3) is 0.125. The van der Waals surface area contributed by atoms with Crippen molar-refractivity contribution < 1.29 is 18.4 Å². The summed E-state index contributed by atoms with van der Waals surface area (Å²) in [6, 6.07) is 9.16. The molecule has 0 saturated carbocycles. The minimum Gasteiger partial charge on any atom is -0.368 e. The van der Waals surface area contributed by atoms with Crippen LogP contribution in [-0.2, 0) is 11.2 Å². The Labute approximate surface area is 145 Å². The standard InChI is InChI=1S/C16H13F2IN2O2/c17-11-6-5-10(7-12(11)18)16(23)21-14(15(20)22)8-9-3-1-2-4-13(9)19/h1-7,14H,8H2,(H2,20,22)(H,21,23)/t14-/m1/s1. The summed E-state index contributed by atoms with van der Waals surface area (Å²) in [7, 11) is 0. The van der Waals surface area contributed by atoms with E-state index in [1.165, 1.54) is 0 Å². The van der Waals surface area contributed by atoms with Crippen molar-refractivity contribution in [3.8, 4) is 0 Å². The zero-order chi connectivity index (χ0) is 17.0. The van der Waals surface area contributed by atoms with Gasteiger partial charge in [0, 0.05) is 15.6 Å². The molecule has 7 heteroatoms. The van der Waals surface area contributed by atoms with Gasteiger partial charge in [0.25, 0.3) is 5.91 Å². The number of nitrogens with one attached hydrogen (secondary N) is 1. The molecule has 0 aliphatic carbocycles. The normalized spacial score (nSPS) is 11.8. The zero-order valence-electron chi connectivity index (χ0n) is 11.9. The minimum absolute atomic E-state index is 0.0853. The lowest BCUT2D eigenvalue weighted by molar-refractivity contribution is -0.119. The first-order valence-electron chi connectivity index (χ1n) is 6.67. The third kappa shape index (κ3) is 4.47. The third-order valence-electron chi connectivity index (χ3n) is 3.21. The molecule has 2 aromatic carbocycles. The predicted octanol–water partition coefficient (Wildman–Crippen LogP) is 2.40. The molecule has 0 bridgehead atoms. The van der Waals surface area contributed by atoms with Gasteiger partial charge in [-0.2, -0.15) is 0 Å². The maximum atomic E-state index is 13.2. The Balaban J connectivity index is 2.16. The summed E-state index contributed by atoms with van der Waals surface area (Å²) in [5.41, 5.74) is 6.09. The van der Waals surface area contributed by atoms with E-state index >= 15 is 0 Å². The number of carbonyl (C=O) groups excluding carboxylic acids is 2. The van der Waals surface area contributed by atoms with E-state index in [9.17, 15) is 18.4 Å². The van der Waals surface area contributed by atoms with Crippen LogP contribution < -0.4 is 11.1 Å². The van der Waals surface area contributed by atoms with E-state index in [4.69, 9.17) is 5.73 Å². The molecule has 120 valence electrons. The summed E-state index contributed by atoms with van der Waals surface area (Å²) >= 11 is 2.11. The van der Waals surface area contributed by atoms with E-state index in [0.29, 0.717) is 0 Å². The highest BCUT2D eigenvalue weighted by molar-refractivity contribution is 14.1. The van der Waals surface area contributed by atoms with Gasteiger partial charge in [0.2, 0.25) is 5.91 Å². The lowest BCUT2D eigenvalue weighted by Crippen LogP contribution is -2.46. The number of amides is 2. The molecule has 2 aromatic rings. The number of halogens is 3. The molecule has 0 aliphatic rings. The smallest absolute Gasteiger partial charge is 0.252 e. The van der Waals surface area contributed by atoms with Crippen molar-refractivity contribution in [2.45, 2.75) is 12.5 Å². The molecule has 0 fully saturated rings. The largest absolute Gasteiger partial charge is 0.368 e. The molecular formula is C16H13F2IN2O2. The van der Waals surface area contributed by atoms with E-state index in [1.54, 1.807) is 0 Å². The van der Waals surface area contributed by atoms with Crippen molar-refractivity contribution in [2.24, 2.45) is 5.73 Å². The monoisotopic (exact) mass is 430 g/mol. The van der Waals surface area contributed by atoms with E-state index in [0.717, 1.165) is 27.3 Å². The predicted molar refractivity (Wildman–Crippen MR) is 89.7 cm³/mol. The molecule has 0 heterocycles. The van der Waals surface area contributed by atoms with Crippen molar-refractivity contribution in [1.82, 2.24) is 5.32 Å². The lowest BCUT2D eigenvalue weighted by Gasteiger charge is -2.16. The van der Waals surface area contributed by atoms with Crippen LogP contribution in [-0.4, -0.2) is 17.9 Å². The van der Waals surface area contributed by atoms with Crippen LogP contribution >= 0.6 is 22.6 Å². The van der Waals surface area contributed by atoms with Crippen molar-refractivity contribution in [3.63, 3.8) is 0 Å². The Morgan fingerprint density at radius 3 is 2.43 bits per heavy atom. The van der Waals surface area contributed by atoms with Crippen LogP contribution in [0.2, 0.25) is 0 Å². The fourth-order valence-electron chi connectivity index (χ4n) is 1.99. The second kappa shape index (κ2) is 7.49. The third-order valence-corrected chi connectivity index (χ3v) is 4.26. The molecule has 0 aliphatic heterocycles. The van der Waals surface area contributed by atoms with Gasteiger partial charge in [0.05, 0.1) is 0 Å². The fourth-order valence-corrected chi connectivity index (χ4v) is 2.59. The molecule has 23 heavy (non-hydrogen) atoms. The summed E-state index contributed by atoms with van der Waals surface area (Å²) in [6.45, 7) is 0. The first-order valence-corrected chi connectivity index (χ1v) is 7.75. The molecule has 0 saturated heterocycles. The van der Waals surface area contributed by atoms with Gasteiger partial charge in [-0.25, -0.2) is 8.78 Å². The number of primary amides is 1. The van der Waals surface area contributed by atoms with Gasteiger partial charge in [-0.3, -0.25) is 9.59 Å². The van der Waals surface area contributed by atoms with Crippen LogP contribution in [0.25, 0.3) is 0 Å². The molecule has 0 radical (unpaired) electrons. The molecule has 0 aromatic heterocycles. The number of hydrogen-bond acceptors (Lipinski definition) is 2. The summed E-state index contributed by atoms with van der Waals surface area (Å²) < 4.78 is 27.0. The number of nitrogens with two attached hydrogens (primary N) is 1. The van der Waals surface area contributed by atoms with Gasteiger partial charge < -0.3 is 11.1 Å². The zero-order valence-corrected chi connectivity index (χ0v) is 14.0. The molecular weight excluding hydrogens is 417 g/mol. The van der Waals surface area contributed by atoms with Crippen molar-refractivity contribution in [1.29, 1.82) is 0 Å². The van der Waals surface area contributed by atoms with Crippen LogP contribution in [0.4, 0.5) is 8.78 Å². The Morgan fingerprint density at radius 2 is 1.83 bits per heavy atom. The maximum absolute atomic E-state index is 13.2. The number of benzene rings is 2. The molecule has 0 unspecified atom stereocenters. The van der Waals surface area contributed by atoms with Gasteiger partial charge >= 0.3 is 0 Å². The SMILES string of the molecule is NC(=O)[C@@H](Cc1ccccc1I)NC(=O)c1ccc(F)c(F)c1. The van der Waals surface area contributed by atoms with Crippen molar-refractivity contribution >= 4 is 34.4 Å². The number of rotatable bonds is 5. The second-order valence-corrected chi connectivity index (χ2v) is 6.02. The molecule has 1 atom stereocenters. The van der Waals surface area contributed by atoms with Gasteiger partial charge in [-0.05, 0) is 52.4 Å². The molecule has 2 amide bonds. The minimum atomic E-state index is -1.13. The molecule has 2 rings (SSSR count). The van der Waals surface area contributed by atoms with Crippen molar-refractivity contribution in [2.75, 3.05) is 0 Å². The summed E-state index contributed by atoms with van der Waals surface area (Å²) in [5, 5.41) is 2.45. The Hall–Kier alpha value is -2.03. The average molecular weight is 430 g/mol. The van der Waals surface area contributed by atoms with E-state index in [-0.39, 0.29) is 12.0 Å². The Bertz CT molecular complexity index is 753. The Morgan fingerprint density at radius 1 is 1.13 bits per heavy atom. The number of carbonyl (C=O) groups is 2. The summed E-state index contributed by atoms with van der Waals surface area (Å²) in [6.07, 6.45) is 0.212. The van der Waals surface area contributed by atoms with Crippen molar-refractivity contribution in [3.05, 3.63) is 68.8 Å². The van der Waals surface area contributed by atoms with E-state index in [2.05, 4.69) is 27.9 Å². The van der Waals surface area contributed by atoms with Crippen LogP contribution in [0.5, 0.6) is 0 Å². The van der Waals surface area contributed by atoms with Crippen LogP contribution in [0.1, 0.15) is 15.9 Å². The van der Waals surface area contributed by atoms with Crippen LogP contribution in [0, 0.1) is 15.2 Å². The summed E-state index contributed by atoms with van der Waals surface area (Å²) in [5.74, 6) is -3.59. The van der Waals surface area contributed by atoms with E-state index in [1.807, 2.05) is 24.3 Å². The molecule has 4 nitrogen and oxygen atoms in total. The van der Waals surface area contributed by atoms with Crippen LogP contribution in [0.15, 0.2) is 42.5 Å². The first-order chi connectivity index (χ1) is 10.9. The first kappa shape index (κ1) is 17.3. The quantitative estimate of drug-likeness (QED) is 0.716. The van der Waals surface area contributed by atoms with E-state index < -0.39 is 29.5 Å². The average Bonchev–Trinajstić information content (AvgIpc) is 2.51.